The van der Waals surface area contributed by atoms with E-state index in [1.165, 1.54) is 18.2 Å². The topological polar surface area (TPSA) is 0 Å². The van der Waals surface area contributed by atoms with E-state index in [9.17, 15) is 8.78 Å². The fraction of sp³-hybridized carbons (Fsp3) is 0.500. The zero-order chi connectivity index (χ0) is 11.3. The van der Waals surface area contributed by atoms with Crippen LogP contribution in [0.4, 0.5) is 8.78 Å². The summed E-state index contributed by atoms with van der Waals surface area (Å²) in [5.74, 6) is -0.953. The fourth-order valence-corrected chi connectivity index (χ4v) is 1.86. The summed E-state index contributed by atoms with van der Waals surface area (Å²) in [5.41, 5.74) is 0.152. The minimum Gasteiger partial charge on any atom is -0.207 e. The molecule has 0 aliphatic heterocycles. The third-order valence-electron chi connectivity index (χ3n) is 2.37. The van der Waals surface area contributed by atoms with Crippen molar-refractivity contribution in [2.24, 2.45) is 0 Å². The Morgan fingerprint density at radius 2 is 1.80 bits per heavy atom. The van der Waals surface area contributed by atoms with Crippen molar-refractivity contribution in [1.82, 2.24) is 0 Å². The fourth-order valence-electron chi connectivity index (χ4n) is 1.53. The molecule has 84 valence electrons. The monoisotopic (exact) mass is 232 g/mol. The summed E-state index contributed by atoms with van der Waals surface area (Å²) in [6, 6.07) is 3.93. The highest BCUT2D eigenvalue weighted by molar-refractivity contribution is 6.20. The summed E-state index contributed by atoms with van der Waals surface area (Å²) in [6.07, 6.45) is 2.87. The van der Waals surface area contributed by atoms with Gasteiger partial charge >= 0.3 is 0 Å². The number of benzene rings is 1. The van der Waals surface area contributed by atoms with Gasteiger partial charge in [-0.15, -0.1) is 11.6 Å². The Balaban J connectivity index is 2.57. The largest absolute Gasteiger partial charge is 0.207 e. The maximum absolute atomic E-state index is 13.2. The van der Waals surface area contributed by atoms with E-state index in [1.54, 1.807) is 0 Å². The van der Waals surface area contributed by atoms with Gasteiger partial charge in [0.2, 0.25) is 0 Å². The molecule has 0 heterocycles. The Morgan fingerprint density at radius 3 is 2.33 bits per heavy atom. The Morgan fingerprint density at radius 1 is 1.20 bits per heavy atom. The van der Waals surface area contributed by atoms with Crippen LogP contribution in [0.3, 0.4) is 0 Å². The molecule has 1 aromatic carbocycles. The van der Waals surface area contributed by atoms with E-state index < -0.39 is 11.6 Å². The van der Waals surface area contributed by atoms with Gasteiger partial charge in [-0.3, -0.25) is 0 Å². The second-order valence-corrected chi connectivity index (χ2v) is 4.24. The molecular weight excluding hydrogens is 218 g/mol. The van der Waals surface area contributed by atoms with Gasteiger partial charge in [-0.1, -0.05) is 19.4 Å². The van der Waals surface area contributed by atoms with Gasteiger partial charge in [-0.05, 0) is 31.4 Å². The second-order valence-electron chi connectivity index (χ2n) is 3.62. The molecule has 3 heteroatoms. The first-order valence-corrected chi connectivity index (χ1v) is 5.65. The highest BCUT2D eigenvalue weighted by Gasteiger charge is 2.10. The zero-order valence-corrected chi connectivity index (χ0v) is 9.53. The van der Waals surface area contributed by atoms with Gasteiger partial charge < -0.3 is 0 Å². The molecule has 1 aromatic rings. The normalized spacial score (nSPS) is 12.8. The van der Waals surface area contributed by atoms with Crippen LogP contribution in [0.15, 0.2) is 18.2 Å². The molecule has 15 heavy (non-hydrogen) atoms. The number of halogens is 3. The van der Waals surface area contributed by atoms with E-state index in [-0.39, 0.29) is 10.9 Å². The number of hydrogen-bond acceptors (Lipinski definition) is 0. The van der Waals surface area contributed by atoms with Crippen LogP contribution in [0.2, 0.25) is 0 Å². The van der Waals surface area contributed by atoms with Gasteiger partial charge in [0, 0.05) is 10.9 Å². The second kappa shape index (κ2) is 6.06. The first kappa shape index (κ1) is 12.4. The molecule has 0 aromatic heterocycles. The number of hydrogen-bond donors (Lipinski definition) is 0. The van der Waals surface area contributed by atoms with Crippen molar-refractivity contribution >= 4 is 11.6 Å². The van der Waals surface area contributed by atoms with Crippen molar-refractivity contribution in [1.29, 1.82) is 0 Å². The minimum absolute atomic E-state index is 0.00834. The summed E-state index contributed by atoms with van der Waals surface area (Å²) < 4.78 is 26.4. The molecule has 0 amide bonds. The lowest BCUT2D eigenvalue weighted by Crippen LogP contribution is -2.03. The van der Waals surface area contributed by atoms with Crippen LogP contribution in [0.1, 0.15) is 31.7 Å². The van der Waals surface area contributed by atoms with Crippen LogP contribution in [0, 0.1) is 11.6 Å². The van der Waals surface area contributed by atoms with Crippen molar-refractivity contribution in [2.75, 3.05) is 0 Å². The van der Waals surface area contributed by atoms with E-state index >= 15 is 0 Å². The molecule has 0 saturated carbocycles. The molecular formula is C12H15ClF2. The van der Waals surface area contributed by atoms with Gasteiger partial charge in [0.15, 0.2) is 0 Å². The highest BCUT2D eigenvalue weighted by Crippen LogP contribution is 2.18. The molecule has 0 spiro atoms. The maximum Gasteiger partial charge on any atom is 0.129 e. The smallest absolute Gasteiger partial charge is 0.129 e. The van der Waals surface area contributed by atoms with Crippen LogP contribution in [-0.4, -0.2) is 5.38 Å². The lowest BCUT2D eigenvalue weighted by Gasteiger charge is -2.08. The van der Waals surface area contributed by atoms with Crippen LogP contribution in [0.25, 0.3) is 0 Å². The first-order chi connectivity index (χ1) is 7.15. The molecule has 1 rings (SSSR count). The van der Waals surface area contributed by atoms with Gasteiger partial charge in [0.1, 0.15) is 11.6 Å². The van der Waals surface area contributed by atoms with Gasteiger partial charge in [0.25, 0.3) is 0 Å². The summed E-state index contributed by atoms with van der Waals surface area (Å²) in [7, 11) is 0. The minimum atomic E-state index is -0.477. The van der Waals surface area contributed by atoms with E-state index in [1.807, 2.05) is 6.92 Å². The molecule has 0 aliphatic rings. The molecule has 0 saturated heterocycles. The summed E-state index contributed by atoms with van der Waals surface area (Å²) in [4.78, 5) is 0. The predicted molar refractivity (Wildman–Crippen MR) is 59.2 cm³/mol. The maximum atomic E-state index is 13.2. The van der Waals surface area contributed by atoms with Crippen molar-refractivity contribution < 1.29 is 8.78 Å². The third-order valence-corrected chi connectivity index (χ3v) is 2.81. The predicted octanol–water partition coefficient (Wildman–Crippen LogP) is 4.30. The Kier molecular flexibility index (Phi) is 5.03. The molecule has 0 aliphatic carbocycles. The lowest BCUT2D eigenvalue weighted by atomic mass is 10.0. The SMILES string of the molecule is CCCC(Cl)CCc1c(F)cccc1F. The molecule has 0 nitrogen and oxygen atoms in total. The molecule has 0 radical (unpaired) electrons. The quantitative estimate of drug-likeness (QED) is 0.664. The molecule has 0 fully saturated rings. The summed E-state index contributed by atoms with van der Waals surface area (Å²) in [5, 5.41) is 0.00834. The van der Waals surface area contributed by atoms with Crippen molar-refractivity contribution in [3.63, 3.8) is 0 Å². The number of rotatable bonds is 5. The van der Waals surface area contributed by atoms with Crippen LogP contribution in [-0.2, 0) is 6.42 Å². The molecule has 0 bridgehead atoms. The number of alkyl halides is 1. The standard InChI is InChI=1S/C12H15ClF2/c1-2-4-9(13)7-8-10-11(14)5-3-6-12(10)15/h3,5-6,9H,2,4,7-8H2,1H3. The van der Waals surface area contributed by atoms with E-state index in [0.717, 1.165) is 12.8 Å². The van der Waals surface area contributed by atoms with Gasteiger partial charge in [0.05, 0.1) is 0 Å². The van der Waals surface area contributed by atoms with Crippen LogP contribution in [0.5, 0.6) is 0 Å². The van der Waals surface area contributed by atoms with Gasteiger partial charge in [-0.2, -0.15) is 0 Å². The molecule has 1 atom stereocenters. The van der Waals surface area contributed by atoms with Crippen molar-refractivity contribution in [3.8, 4) is 0 Å². The van der Waals surface area contributed by atoms with E-state index in [0.29, 0.717) is 12.8 Å². The average Bonchev–Trinajstić information content (AvgIpc) is 2.17. The first-order valence-electron chi connectivity index (χ1n) is 5.22. The highest BCUT2D eigenvalue weighted by atomic mass is 35.5. The Labute approximate surface area is 94.3 Å². The molecule has 0 N–H and O–H groups in total. The lowest BCUT2D eigenvalue weighted by molar-refractivity contribution is 0.544. The molecule has 1 unspecified atom stereocenters. The van der Waals surface area contributed by atoms with Crippen molar-refractivity contribution in [2.45, 2.75) is 38.0 Å². The third kappa shape index (κ3) is 3.78. The average molecular weight is 233 g/mol. The van der Waals surface area contributed by atoms with Crippen molar-refractivity contribution in [3.05, 3.63) is 35.4 Å². The van der Waals surface area contributed by atoms with E-state index in [2.05, 4.69) is 0 Å². The Hall–Kier alpha value is -0.630. The Bertz CT molecular complexity index is 292. The van der Waals surface area contributed by atoms with Crippen LogP contribution < -0.4 is 0 Å². The summed E-state index contributed by atoms with van der Waals surface area (Å²) >= 11 is 5.99. The van der Waals surface area contributed by atoms with E-state index in [4.69, 9.17) is 11.6 Å². The van der Waals surface area contributed by atoms with Gasteiger partial charge in [-0.25, -0.2) is 8.78 Å². The van der Waals surface area contributed by atoms with Crippen LogP contribution >= 0.6 is 11.6 Å². The summed E-state index contributed by atoms with van der Waals surface area (Å²) in [6.45, 7) is 2.04. The zero-order valence-electron chi connectivity index (χ0n) is 8.77.